The SMILES string of the molecule is O=C1N[C@H](c2ccc(Cl)cc2F)Oc2ccccc21. The number of carbonyl (C=O) groups excluding carboxylic acids is 1. The summed E-state index contributed by atoms with van der Waals surface area (Å²) < 4.78 is 19.4. The van der Waals surface area contributed by atoms with Crippen molar-refractivity contribution >= 4 is 17.5 Å². The molecule has 0 aliphatic carbocycles. The van der Waals surface area contributed by atoms with Crippen LogP contribution in [0.1, 0.15) is 22.1 Å². The molecule has 1 aliphatic heterocycles. The van der Waals surface area contributed by atoms with E-state index in [9.17, 15) is 9.18 Å². The van der Waals surface area contributed by atoms with Crippen molar-refractivity contribution in [1.82, 2.24) is 5.32 Å². The van der Waals surface area contributed by atoms with Crippen LogP contribution in [0.5, 0.6) is 5.75 Å². The maximum atomic E-state index is 13.8. The van der Waals surface area contributed by atoms with Crippen molar-refractivity contribution in [2.45, 2.75) is 6.23 Å². The predicted octanol–water partition coefficient (Wildman–Crippen LogP) is 3.30. The van der Waals surface area contributed by atoms with E-state index in [1.165, 1.54) is 12.1 Å². The quantitative estimate of drug-likeness (QED) is 0.868. The van der Waals surface area contributed by atoms with Gasteiger partial charge in [-0.25, -0.2) is 4.39 Å². The lowest BCUT2D eigenvalue weighted by atomic mass is 10.1. The minimum atomic E-state index is -0.848. The number of ether oxygens (including phenoxy) is 1. The van der Waals surface area contributed by atoms with Crippen LogP contribution in [0, 0.1) is 5.82 Å². The van der Waals surface area contributed by atoms with Crippen LogP contribution < -0.4 is 10.1 Å². The monoisotopic (exact) mass is 277 g/mol. The maximum Gasteiger partial charge on any atom is 0.258 e. The zero-order valence-electron chi connectivity index (χ0n) is 9.69. The lowest BCUT2D eigenvalue weighted by Gasteiger charge is -2.27. The van der Waals surface area contributed by atoms with Crippen LogP contribution in [-0.2, 0) is 0 Å². The maximum absolute atomic E-state index is 13.8. The van der Waals surface area contributed by atoms with E-state index in [0.717, 1.165) is 0 Å². The van der Waals surface area contributed by atoms with Gasteiger partial charge in [0.15, 0.2) is 0 Å². The van der Waals surface area contributed by atoms with Crippen molar-refractivity contribution in [2.24, 2.45) is 0 Å². The fraction of sp³-hybridized carbons (Fsp3) is 0.0714. The van der Waals surface area contributed by atoms with Crippen LogP contribution in [0.15, 0.2) is 42.5 Å². The highest BCUT2D eigenvalue weighted by atomic mass is 35.5. The Balaban J connectivity index is 1.99. The van der Waals surface area contributed by atoms with E-state index in [2.05, 4.69) is 5.32 Å². The molecule has 96 valence electrons. The first-order valence-corrected chi connectivity index (χ1v) is 6.04. The third kappa shape index (κ3) is 2.15. The third-order valence-corrected chi connectivity index (χ3v) is 3.12. The van der Waals surface area contributed by atoms with Crippen molar-refractivity contribution in [3.63, 3.8) is 0 Å². The molecule has 0 spiro atoms. The smallest absolute Gasteiger partial charge is 0.258 e. The van der Waals surface area contributed by atoms with E-state index in [1.807, 2.05) is 0 Å². The molecule has 19 heavy (non-hydrogen) atoms. The van der Waals surface area contributed by atoms with Crippen LogP contribution in [0.4, 0.5) is 4.39 Å². The minimum Gasteiger partial charge on any atom is -0.465 e. The first-order valence-electron chi connectivity index (χ1n) is 5.66. The molecule has 0 saturated carbocycles. The molecule has 0 bridgehead atoms. The predicted molar refractivity (Wildman–Crippen MR) is 68.7 cm³/mol. The van der Waals surface area contributed by atoms with Gasteiger partial charge in [-0.1, -0.05) is 23.7 Å². The Morgan fingerprint density at radius 1 is 1.21 bits per heavy atom. The second-order valence-electron chi connectivity index (χ2n) is 4.13. The molecule has 3 rings (SSSR count). The summed E-state index contributed by atoms with van der Waals surface area (Å²) in [5.41, 5.74) is 0.681. The Bertz CT molecular complexity index is 660. The zero-order valence-corrected chi connectivity index (χ0v) is 10.4. The Kier molecular flexibility index (Phi) is 2.87. The van der Waals surface area contributed by atoms with Crippen LogP contribution in [0.3, 0.4) is 0 Å². The van der Waals surface area contributed by atoms with Gasteiger partial charge in [0, 0.05) is 10.6 Å². The molecule has 3 nitrogen and oxygen atoms in total. The zero-order chi connectivity index (χ0) is 13.4. The van der Waals surface area contributed by atoms with Crippen LogP contribution in [-0.4, -0.2) is 5.91 Å². The Hall–Kier alpha value is -2.07. The highest BCUT2D eigenvalue weighted by Gasteiger charge is 2.27. The summed E-state index contributed by atoms with van der Waals surface area (Å²) in [6.45, 7) is 0. The van der Waals surface area contributed by atoms with E-state index < -0.39 is 12.0 Å². The van der Waals surface area contributed by atoms with Crippen molar-refractivity contribution in [3.05, 3.63) is 64.4 Å². The van der Waals surface area contributed by atoms with Crippen molar-refractivity contribution in [2.75, 3.05) is 0 Å². The van der Waals surface area contributed by atoms with Gasteiger partial charge >= 0.3 is 0 Å². The number of fused-ring (bicyclic) bond motifs is 1. The fourth-order valence-corrected chi connectivity index (χ4v) is 2.12. The van der Waals surface area contributed by atoms with Crippen LogP contribution >= 0.6 is 11.6 Å². The van der Waals surface area contributed by atoms with Crippen molar-refractivity contribution in [3.8, 4) is 5.75 Å². The van der Waals surface area contributed by atoms with Crippen molar-refractivity contribution < 1.29 is 13.9 Å². The molecule has 1 N–H and O–H groups in total. The summed E-state index contributed by atoms with van der Waals surface area (Å²) in [7, 11) is 0. The molecule has 1 heterocycles. The lowest BCUT2D eigenvalue weighted by molar-refractivity contribution is 0.0750. The largest absolute Gasteiger partial charge is 0.465 e. The number of para-hydroxylation sites is 1. The molecule has 1 aliphatic rings. The molecule has 2 aromatic carbocycles. The number of hydrogen-bond acceptors (Lipinski definition) is 2. The van der Waals surface area contributed by atoms with Gasteiger partial charge < -0.3 is 10.1 Å². The van der Waals surface area contributed by atoms with E-state index >= 15 is 0 Å². The van der Waals surface area contributed by atoms with Gasteiger partial charge in [0.2, 0.25) is 6.23 Å². The summed E-state index contributed by atoms with van der Waals surface area (Å²) in [6, 6.07) is 11.1. The number of rotatable bonds is 1. The van der Waals surface area contributed by atoms with Gasteiger partial charge in [0.05, 0.1) is 5.56 Å². The molecule has 0 unspecified atom stereocenters. The highest BCUT2D eigenvalue weighted by molar-refractivity contribution is 6.30. The molecule has 2 aromatic rings. The summed E-state index contributed by atoms with van der Waals surface area (Å²) in [4.78, 5) is 11.9. The molecular formula is C14H9ClFNO2. The number of hydrogen-bond donors (Lipinski definition) is 1. The number of carbonyl (C=O) groups is 1. The lowest BCUT2D eigenvalue weighted by Crippen LogP contribution is -2.37. The summed E-state index contributed by atoms with van der Waals surface area (Å²) >= 11 is 5.70. The second-order valence-corrected chi connectivity index (χ2v) is 4.57. The molecule has 0 saturated heterocycles. The first-order chi connectivity index (χ1) is 9.15. The third-order valence-electron chi connectivity index (χ3n) is 2.88. The van der Waals surface area contributed by atoms with E-state index in [0.29, 0.717) is 16.3 Å². The van der Waals surface area contributed by atoms with Gasteiger partial charge in [-0.05, 0) is 30.3 Å². The molecule has 5 heteroatoms. The molecule has 0 fully saturated rings. The summed E-state index contributed by atoms with van der Waals surface area (Å²) in [5.74, 6) is -0.371. The number of nitrogens with one attached hydrogen (secondary N) is 1. The average Bonchev–Trinajstić information content (AvgIpc) is 2.38. The van der Waals surface area contributed by atoms with Gasteiger partial charge in [-0.15, -0.1) is 0 Å². The summed E-state index contributed by atoms with van der Waals surface area (Å²) in [6.07, 6.45) is -0.848. The normalized spacial score (nSPS) is 17.4. The first kappa shape index (κ1) is 12.0. The Labute approximate surface area is 114 Å². The van der Waals surface area contributed by atoms with Crippen LogP contribution in [0.2, 0.25) is 5.02 Å². The topological polar surface area (TPSA) is 38.3 Å². The minimum absolute atomic E-state index is 0.243. The van der Waals surface area contributed by atoms with Gasteiger partial charge in [0.25, 0.3) is 5.91 Å². The van der Waals surface area contributed by atoms with Gasteiger partial charge in [0.1, 0.15) is 11.6 Å². The summed E-state index contributed by atoms with van der Waals surface area (Å²) in [5, 5.41) is 2.90. The second kappa shape index (κ2) is 4.55. The van der Waals surface area contributed by atoms with Gasteiger partial charge in [-0.3, -0.25) is 4.79 Å². The Morgan fingerprint density at radius 2 is 2.00 bits per heavy atom. The molecule has 0 aromatic heterocycles. The highest BCUT2D eigenvalue weighted by Crippen LogP contribution is 2.30. The standard InChI is InChI=1S/C14H9ClFNO2/c15-8-5-6-9(11(16)7-8)14-17-13(18)10-3-1-2-4-12(10)19-14/h1-7,14H,(H,17,18)/t14-/m0/s1. The number of amides is 1. The number of benzene rings is 2. The van der Waals surface area contributed by atoms with E-state index in [1.54, 1.807) is 30.3 Å². The Morgan fingerprint density at radius 3 is 2.79 bits per heavy atom. The molecule has 1 atom stereocenters. The van der Waals surface area contributed by atoms with Crippen LogP contribution in [0.25, 0.3) is 0 Å². The van der Waals surface area contributed by atoms with E-state index in [-0.39, 0.29) is 11.5 Å². The fourth-order valence-electron chi connectivity index (χ4n) is 1.97. The molecule has 0 radical (unpaired) electrons. The van der Waals surface area contributed by atoms with Gasteiger partial charge in [-0.2, -0.15) is 0 Å². The average molecular weight is 278 g/mol. The van der Waals surface area contributed by atoms with Crippen molar-refractivity contribution in [1.29, 1.82) is 0 Å². The van der Waals surface area contributed by atoms with E-state index in [4.69, 9.17) is 16.3 Å². The number of halogens is 2. The molecular weight excluding hydrogens is 269 g/mol. The molecule has 1 amide bonds.